The van der Waals surface area contributed by atoms with Crippen LogP contribution in [0, 0.1) is 0 Å². The molecule has 4 heteroatoms. The summed E-state index contributed by atoms with van der Waals surface area (Å²) in [7, 11) is 0. The molecular formula is C13H15N3O. The van der Waals surface area contributed by atoms with E-state index in [1.54, 1.807) is 0 Å². The Hall–Kier alpha value is -1.94. The summed E-state index contributed by atoms with van der Waals surface area (Å²) in [5.74, 6) is 0.631. The van der Waals surface area contributed by atoms with Crippen LogP contribution in [-0.4, -0.2) is 16.0 Å². The van der Waals surface area contributed by atoms with Crippen LogP contribution in [0.25, 0.3) is 11.3 Å². The lowest BCUT2D eigenvalue weighted by Gasteiger charge is -2.06. The van der Waals surface area contributed by atoms with Crippen molar-refractivity contribution in [3.05, 3.63) is 52.6 Å². The zero-order valence-corrected chi connectivity index (χ0v) is 9.68. The third-order valence-electron chi connectivity index (χ3n) is 2.38. The van der Waals surface area contributed by atoms with Crippen molar-refractivity contribution in [3.63, 3.8) is 0 Å². The van der Waals surface area contributed by atoms with Gasteiger partial charge in [-0.1, -0.05) is 30.3 Å². The number of hydrogen-bond acceptors (Lipinski definition) is 3. The Morgan fingerprint density at radius 1 is 1.35 bits per heavy atom. The van der Waals surface area contributed by atoms with Gasteiger partial charge in [0.1, 0.15) is 5.82 Å². The van der Waals surface area contributed by atoms with Gasteiger partial charge in [0.2, 0.25) is 0 Å². The van der Waals surface area contributed by atoms with E-state index < -0.39 is 0 Å². The van der Waals surface area contributed by atoms with E-state index in [-0.39, 0.29) is 11.6 Å². The molecule has 0 aliphatic heterocycles. The van der Waals surface area contributed by atoms with Crippen molar-refractivity contribution in [1.29, 1.82) is 0 Å². The summed E-state index contributed by atoms with van der Waals surface area (Å²) in [6, 6.07) is 11.1. The van der Waals surface area contributed by atoms with Crippen molar-refractivity contribution < 1.29 is 0 Å². The first-order valence-corrected chi connectivity index (χ1v) is 5.56. The second-order valence-electron chi connectivity index (χ2n) is 4.12. The summed E-state index contributed by atoms with van der Waals surface area (Å²) in [5.41, 5.74) is 7.18. The average Bonchev–Trinajstić information content (AvgIpc) is 2.28. The predicted octanol–water partition coefficient (Wildman–Crippen LogP) is 1.33. The second-order valence-corrected chi connectivity index (χ2v) is 4.12. The molecule has 0 amide bonds. The van der Waals surface area contributed by atoms with Gasteiger partial charge in [-0.2, -0.15) is 0 Å². The van der Waals surface area contributed by atoms with Gasteiger partial charge in [0.05, 0.1) is 5.69 Å². The number of H-pyrrole nitrogens is 1. The minimum Gasteiger partial charge on any atom is -0.328 e. The molecule has 1 unspecified atom stereocenters. The third kappa shape index (κ3) is 3.01. The van der Waals surface area contributed by atoms with Crippen molar-refractivity contribution in [3.8, 4) is 11.3 Å². The Morgan fingerprint density at radius 2 is 2.06 bits per heavy atom. The van der Waals surface area contributed by atoms with Crippen LogP contribution in [0.15, 0.2) is 41.2 Å². The number of benzene rings is 1. The maximum absolute atomic E-state index is 11.5. The number of aromatic nitrogens is 2. The highest BCUT2D eigenvalue weighted by atomic mass is 16.1. The van der Waals surface area contributed by atoms with E-state index in [2.05, 4.69) is 9.97 Å². The van der Waals surface area contributed by atoms with Crippen LogP contribution in [-0.2, 0) is 6.42 Å². The van der Waals surface area contributed by atoms with Gasteiger partial charge >= 0.3 is 0 Å². The molecule has 1 atom stereocenters. The molecule has 0 bridgehead atoms. The van der Waals surface area contributed by atoms with Gasteiger partial charge in [-0.05, 0) is 6.92 Å². The van der Waals surface area contributed by atoms with Gasteiger partial charge in [0.25, 0.3) is 5.56 Å². The topological polar surface area (TPSA) is 71.8 Å². The standard InChI is InChI=1S/C13H15N3O/c1-9(14)7-12-15-11(8-13(17)16-12)10-5-3-2-4-6-10/h2-6,8-9H,7,14H2,1H3,(H,15,16,17). The van der Waals surface area contributed by atoms with Gasteiger partial charge in [0.15, 0.2) is 0 Å². The lowest BCUT2D eigenvalue weighted by atomic mass is 10.1. The Kier molecular flexibility index (Phi) is 3.35. The molecule has 2 aromatic rings. The Bertz CT molecular complexity index is 546. The van der Waals surface area contributed by atoms with Crippen LogP contribution < -0.4 is 11.3 Å². The highest BCUT2D eigenvalue weighted by molar-refractivity contribution is 5.58. The smallest absolute Gasteiger partial charge is 0.251 e. The van der Waals surface area contributed by atoms with E-state index >= 15 is 0 Å². The van der Waals surface area contributed by atoms with Crippen molar-refractivity contribution in [2.45, 2.75) is 19.4 Å². The van der Waals surface area contributed by atoms with Crippen LogP contribution in [0.1, 0.15) is 12.7 Å². The highest BCUT2D eigenvalue weighted by Crippen LogP contribution is 2.14. The van der Waals surface area contributed by atoms with Crippen LogP contribution in [0.5, 0.6) is 0 Å². The molecule has 0 aliphatic carbocycles. The summed E-state index contributed by atoms with van der Waals surface area (Å²) < 4.78 is 0. The highest BCUT2D eigenvalue weighted by Gasteiger charge is 2.05. The molecule has 2 rings (SSSR count). The van der Waals surface area contributed by atoms with Gasteiger partial charge in [-0.15, -0.1) is 0 Å². The zero-order chi connectivity index (χ0) is 12.3. The summed E-state index contributed by atoms with van der Waals surface area (Å²) in [4.78, 5) is 18.6. The summed E-state index contributed by atoms with van der Waals surface area (Å²) >= 11 is 0. The largest absolute Gasteiger partial charge is 0.328 e. The quantitative estimate of drug-likeness (QED) is 0.834. The normalized spacial score (nSPS) is 12.4. The molecule has 0 spiro atoms. The number of aromatic amines is 1. The van der Waals surface area contributed by atoms with Crippen molar-refractivity contribution in [2.24, 2.45) is 5.73 Å². The maximum atomic E-state index is 11.5. The number of nitrogens with two attached hydrogens (primary N) is 1. The lowest BCUT2D eigenvalue weighted by molar-refractivity contribution is 0.699. The Balaban J connectivity index is 2.42. The fourth-order valence-electron chi connectivity index (χ4n) is 1.67. The zero-order valence-electron chi connectivity index (χ0n) is 9.68. The summed E-state index contributed by atoms with van der Waals surface area (Å²) in [6.45, 7) is 1.88. The molecule has 0 radical (unpaired) electrons. The predicted molar refractivity (Wildman–Crippen MR) is 67.6 cm³/mol. The number of nitrogens with zero attached hydrogens (tertiary/aromatic N) is 1. The summed E-state index contributed by atoms with van der Waals surface area (Å²) in [5, 5.41) is 0. The van der Waals surface area contributed by atoms with E-state index in [0.29, 0.717) is 17.9 Å². The van der Waals surface area contributed by atoms with Crippen LogP contribution in [0.2, 0.25) is 0 Å². The van der Waals surface area contributed by atoms with Crippen molar-refractivity contribution in [2.75, 3.05) is 0 Å². The molecule has 4 nitrogen and oxygen atoms in total. The number of hydrogen-bond donors (Lipinski definition) is 2. The van der Waals surface area contributed by atoms with Crippen LogP contribution in [0.4, 0.5) is 0 Å². The molecule has 88 valence electrons. The van der Waals surface area contributed by atoms with Gasteiger partial charge in [-0.3, -0.25) is 4.79 Å². The molecule has 1 aromatic heterocycles. The molecule has 1 heterocycles. The molecule has 3 N–H and O–H groups in total. The molecule has 0 saturated heterocycles. The third-order valence-corrected chi connectivity index (χ3v) is 2.38. The van der Waals surface area contributed by atoms with E-state index in [1.165, 1.54) is 6.07 Å². The van der Waals surface area contributed by atoms with Gasteiger partial charge in [-0.25, -0.2) is 4.98 Å². The van der Waals surface area contributed by atoms with Crippen LogP contribution >= 0.6 is 0 Å². The Morgan fingerprint density at radius 3 is 2.71 bits per heavy atom. The van der Waals surface area contributed by atoms with E-state index in [0.717, 1.165) is 5.56 Å². The van der Waals surface area contributed by atoms with Crippen molar-refractivity contribution >= 4 is 0 Å². The molecule has 0 saturated carbocycles. The molecule has 1 aromatic carbocycles. The van der Waals surface area contributed by atoms with E-state index in [4.69, 9.17) is 5.73 Å². The average molecular weight is 229 g/mol. The van der Waals surface area contributed by atoms with Crippen molar-refractivity contribution in [1.82, 2.24) is 9.97 Å². The Labute approximate surface area is 99.5 Å². The minimum atomic E-state index is -0.144. The molecule has 0 aliphatic rings. The SMILES string of the molecule is CC(N)Cc1nc(-c2ccccc2)cc(=O)[nH]1. The maximum Gasteiger partial charge on any atom is 0.251 e. The second kappa shape index (κ2) is 4.93. The molecule has 0 fully saturated rings. The first-order chi connectivity index (χ1) is 8.15. The summed E-state index contributed by atoms with van der Waals surface area (Å²) in [6.07, 6.45) is 0.565. The number of nitrogens with one attached hydrogen (secondary N) is 1. The fourth-order valence-corrected chi connectivity index (χ4v) is 1.67. The molecular weight excluding hydrogens is 214 g/mol. The first kappa shape index (κ1) is 11.5. The first-order valence-electron chi connectivity index (χ1n) is 5.56. The van der Waals surface area contributed by atoms with Gasteiger partial charge < -0.3 is 10.7 Å². The van der Waals surface area contributed by atoms with Gasteiger partial charge in [0, 0.05) is 24.1 Å². The van der Waals surface area contributed by atoms with Crippen LogP contribution in [0.3, 0.4) is 0 Å². The van der Waals surface area contributed by atoms with E-state index in [1.807, 2.05) is 37.3 Å². The number of rotatable bonds is 3. The monoisotopic (exact) mass is 229 g/mol. The van der Waals surface area contributed by atoms with E-state index in [9.17, 15) is 4.79 Å². The minimum absolute atomic E-state index is 0.0239. The fraction of sp³-hybridized carbons (Fsp3) is 0.231. The molecule has 17 heavy (non-hydrogen) atoms. The lowest BCUT2D eigenvalue weighted by Crippen LogP contribution is -2.22.